The van der Waals surface area contributed by atoms with Gasteiger partial charge in [0.25, 0.3) is 0 Å². The first kappa shape index (κ1) is 12.8. The molecule has 0 radical (unpaired) electrons. The first-order valence-corrected chi connectivity index (χ1v) is 7.81. The molecule has 0 bridgehead atoms. The van der Waals surface area contributed by atoms with Gasteiger partial charge in [-0.3, -0.25) is 0 Å². The maximum absolute atomic E-state index is 11.8. The van der Waals surface area contributed by atoms with E-state index in [-0.39, 0.29) is 10.8 Å². The minimum absolute atomic E-state index is 0.0315. The van der Waals surface area contributed by atoms with E-state index in [1.165, 1.54) is 11.3 Å². The van der Waals surface area contributed by atoms with Crippen molar-refractivity contribution in [1.29, 1.82) is 0 Å². The van der Waals surface area contributed by atoms with Crippen molar-refractivity contribution in [3.63, 3.8) is 0 Å². The molecule has 0 aliphatic heterocycles. The smallest absolute Gasteiger partial charge is 0.250 e. The van der Waals surface area contributed by atoms with Crippen LogP contribution in [0, 0.1) is 0 Å². The van der Waals surface area contributed by atoms with Crippen LogP contribution < -0.4 is 4.72 Å². The summed E-state index contributed by atoms with van der Waals surface area (Å²) in [5.74, 6) is 0. The summed E-state index contributed by atoms with van der Waals surface area (Å²) >= 11 is 1.17. The van der Waals surface area contributed by atoms with Gasteiger partial charge in [-0.15, -0.1) is 11.3 Å². The van der Waals surface area contributed by atoms with E-state index in [1.54, 1.807) is 23.6 Å². The number of hydrogen-bond acceptors (Lipinski definition) is 4. The zero-order chi connectivity index (χ0) is 12.4. The predicted molar refractivity (Wildman–Crippen MR) is 67.4 cm³/mol. The molecule has 0 fully saturated rings. The van der Waals surface area contributed by atoms with Crippen molar-refractivity contribution in [2.75, 3.05) is 6.54 Å². The average molecular weight is 273 g/mol. The lowest BCUT2D eigenvalue weighted by molar-refractivity contribution is 0.0797. The monoisotopic (exact) mass is 273 g/mol. The van der Waals surface area contributed by atoms with E-state index in [9.17, 15) is 13.5 Å². The Morgan fingerprint density at radius 3 is 2.94 bits per heavy atom. The summed E-state index contributed by atoms with van der Waals surface area (Å²) in [5.41, 5.74) is -1.04. The lowest BCUT2D eigenvalue weighted by Gasteiger charge is -2.27. The van der Waals surface area contributed by atoms with Gasteiger partial charge in [-0.25, -0.2) is 13.1 Å². The van der Waals surface area contributed by atoms with Gasteiger partial charge in [-0.05, 0) is 30.7 Å². The summed E-state index contributed by atoms with van der Waals surface area (Å²) in [6, 6.07) is 3.24. The zero-order valence-corrected chi connectivity index (χ0v) is 10.9. The van der Waals surface area contributed by atoms with Gasteiger partial charge >= 0.3 is 0 Å². The molecule has 1 atom stereocenters. The second-order valence-electron chi connectivity index (χ2n) is 4.15. The average Bonchev–Trinajstić information content (AvgIpc) is 2.82. The van der Waals surface area contributed by atoms with Gasteiger partial charge in [0.15, 0.2) is 0 Å². The molecule has 4 nitrogen and oxygen atoms in total. The number of sulfonamides is 1. The van der Waals surface area contributed by atoms with E-state index in [0.717, 1.165) is 12.8 Å². The van der Waals surface area contributed by atoms with Gasteiger partial charge in [0.1, 0.15) is 4.21 Å². The summed E-state index contributed by atoms with van der Waals surface area (Å²) in [6.07, 6.45) is 6.00. The van der Waals surface area contributed by atoms with Gasteiger partial charge in [0.05, 0.1) is 5.60 Å². The molecule has 0 saturated heterocycles. The third-order valence-electron chi connectivity index (χ3n) is 2.74. The maximum Gasteiger partial charge on any atom is 0.250 e. The molecule has 17 heavy (non-hydrogen) atoms. The Kier molecular flexibility index (Phi) is 3.67. The van der Waals surface area contributed by atoms with Crippen LogP contribution in [0.25, 0.3) is 0 Å². The molecule has 6 heteroatoms. The third-order valence-corrected chi connectivity index (χ3v) is 5.54. The third kappa shape index (κ3) is 3.16. The molecule has 0 spiro atoms. The first-order valence-electron chi connectivity index (χ1n) is 5.45. The van der Waals surface area contributed by atoms with Crippen LogP contribution in [-0.4, -0.2) is 25.7 Å². The SMILES string of the molecule is O=S(=O)(NCC1(O)C=CCCC1)c1cccs1. The first-order chi connectivity index (χ1) is 8.02. The van der Waals surface area contributed by atoms with Crippen molar-refractivity contribution in [1.82, 2.24) is 4.72 Å². The second kappa shape index (κ2) is 4.89. The largest absolute Gasteiger partial charge is 0.384 e. The zero-order valence-electron chi connectivity index (χ0n) is 9.30. The number of allylic oxidation sites excluding steroid dienone is 1. The minimum Gasteiger partial charge on any atom is -0.384 e. The second-order valence-corrected chi connectivity index (χ2v) is 7.10. The van der Waals surface area contributed by atoms with Crippen LogP contribution in [-0.2, 0) is 10.0 Å². The molecule has 2 N–H and O–H groups in total. The standard InChI is InChI=1S/C11H15NO3S2/c13-11(6-2-1-3-7-11)9-12-17(14,15)10-5-4-8-16-10/h2,4-6,8,12-13H,1,3,7,9H2. The Bertz CT molecular complexity index is 493. The Hall–Kier alpha value is -0.690. The molecule has 1 heterocycles. The molecule has 94 valence electrons. The summed E-state index contributed by atoms with van der Waals surface area (Å²) in [7, 11) is -3.48. The van der Waals surface area contributed by atoms with E-state index in [2.05, 4.69) is 4.72 Å². The summed E-state index contributed by atoms with van der Waals surface area (Å²) in [6.45, 7) is 0.0315. The number of rotatable bonds is 4. The highest BCUT2D eigenvalue weighted by Crippen LogP contribution is 2.22. The molecule has 0 aromatic carbocycles. The highest BCUT2D eigenvalue weighted by atomic mass is 32.2. The lowest BCUT2D eigenvalue weighted by atomic mass is 9.91. The molecule has 1 aliphatic rings. The molecule has 1 aromatic rings. The highest BCUT2D eigenvalue weighted by molar-refractivity contribution is 7.91. The Morgan fingerprint density at radius 2 is 2.35 bits per heavy atom. The molecule has 0 saturated carbocycles. The minimum atomic E-state index is -3.48. The van der Waals surface area contributed by atoms with Gasteiger partial charge in [-0.1, -0.05) is 18.2 Å². The van der Waals surface area contributed by atoms with Crippen molar-refractivity contribution in [3.8, 4) is 0 Å². The molecule has 1 unspecified atom stereocenters. The highest BCUT2D eigenvalue weighted by Gasteiger charge is 2.27. The van der Waals surface area contributed by atoms with Crippen LogP contribution in [0.4, 0.5) is 0 Å². The van der Waals surface area contributed by atoms with Crippen LogP contribution >= 0.6 is 11.3 Å². The van der Waals surface area contributed by atoms with Crippen LogP contribution in [0.2, 0.25) is 0 Å². The van der Waals surface area contributed by atoms with E-state index in [0.29, 0.717) is 6.42 Å². The molecular formula is C11H15NO3S2. The fourth-order valence-corrected chi connectivity index (χ4v) is 3.91. The summed E-state index contributed by atoms with van der Waals surface area (Å²) in [5, 5.41) is 11.8. The molecule has 2 rings (SSSR count). The van der Waals surface area contributed by atoms with Crippen LogP contribution in [0.3, 0.4) is 0 Å². The van der Waals surface area contributed by atoms with E-state index >= 15 is 0 Å². The van der Waals surface area contributed by atoms with Gasteiger partial charge in [0, 0.05) is 6.54 Å². The lowest BCUT2D eigenvalue weighted by Crippen LogP contribution is -2.42. The fourth-order valence-electron chi connectivity index (χ4n) is 1.77. The van der Waals surface area contributed by atoms with Crippen molar-refractivity contribution in [2.24, 2.45) is 0 Å². The maximum atomic E-state index is 11.8. The fraction of sp³-hybridized carbons (Fsp3) is 0.455. The normalized spacial score (nSPS) is 25.0. The quantitative estimate of drug-likeness (QED) is 0.817. The number of nitrogens with one attached hydrogen (secondary N) is 1. The predicted octanol–water partition coefficient (Wildman–Crippen LogP) is 1.50. The van der Waals surface area contributed by atoms with Gasteiger partial charge in [-0.2, -0.15) is 0 Å². The van der Waals surface area contributed by atoms with Crippen molar-refractivity contribution < 1.29 is 13.5 Å². The Morgan fingerprint density at radius 1 is 1.53 bits per heavy atom. The van der Waals surface area contributed by atoms with Crippen LogP contribution in [0.1, 0.15) is 19.3 Å². The van der Waals surface area contributed by atoms with Crippen molar-refractivity contribution >= 4 is 21.4 Å². The number of hydrogen-bond donors (Lipinski definition) is 2. The Balaban J connectivity index is 2.03. The van der Waals surface area contributed by atoms with Gasteiger partial charge in [0.2, 0.25) is 10.0 Å². The van der Waals surface area contributed by atoms with Crippen LogP contribution in [0.5, 0.6) is 0 Å². The molecule has 1 aliphatic carbocycles. The van der Waals surface area contributed by atoms with Crippen molar-refractivity contribution in [3.05, 3.63) is 29.7 Å². The topological polar surface area (TPSA) is 66.4 Å². The molecule has 1 aromatic heterocycles. The van der Waals surface area contributed by atoms with Crippen molar-refractivity contribution in [2.45, 2.75) is 29.1 Å². The van der Waals surface area contributed by atoms with Crippen LogP contribution in [0.15, 0.2) is 33.9 Å². The van der Waals surface area contributed by atoms with Gasteiger partial charge < -0.3 is 5.11 Å². The Labute approximate surface area is 105 Å². The molecular weight excluding hydrogens is 258 g/mol. The molecule has 0 amide bonds. The van der Waals surface area contributed by atoms with E-state index in [4.69, 9.17) is 0 Å². The number of thiophene rings is 1. The van der Waals surface area contributed by atoms with E-state index in [1.807, 2.05) is 6.08 Å². The number of aliphatic hydroxyl groups is 1. The summed E-state index contributed by atoms with van der Waals surface area (Å²) in [4.78, 5) is 0. The van der Waals surface area contributed by atoms with E-state index < -0.39 is 15.6 Å². The summed E-state index contributed by atoms with van der Waals surface area (Å²) < 4.78 is 26.4.